The van der Waals surface area contributed by atoms with Crippen LogP contribution < -0.4 is 5.32 Å². The molecule has 0 bridgehead atoms. The largest absolute Gasteiger partial charge is 0.396 e. The minimum atomic E-state index is 0.317. The van der Waals surface area contributed by atoms with Gasteiger partial charge in [0.05, 0.1) is 0 Å². The van der Waals surface area contributed by atoms with E-state index in [0.717, 1.165) is 24.3 Å². The second kappa shape index (κ2) is 5.20. The zero-order chi connectivity index (χ0) is 12.5. The molecule has 1 aromatic rings. The smallest absolute Gasteiger partial charge is 0.0474 e. The maximum atomic E-state index is 9.38. The molecule has 0 heterocycles. The van der Waals surface area contributed by atoms with Crippen molar-refractivity contribution in [3.63, 3.8) is 0 Å². The molecule has 0 spiro atoms. The molecular formula is C15H20ClNO. The van der Waals surface area contributed by atoms with E-state index in [2.05, 4.69) is 17.4 Å². The number of aliphatic hydroxyl groups is 1. The van der Waals surface area contributed by atoms with Crippen LogP contribution >= 0.6 is 11.6 Å². The van der Waals surface area contributed by atoms with E-state index < -0.39 is 0 Å². The summed E-state index contributed by atoms with van der Waals surface area (Å²) in [5.74, 6) is 0.446. The first kappa shape index (κ1) is 12.5. The summed E-state index contributed by atoms with van der Waals surface area (Å²) in [6, 6.07) is 7.18. The minimum Gasteiger partial charge on any atom is -0.396 e. The van der Waals surface area contributed by atoms with E-state index in [-0.39, 0.29) is 0 Å². The molecule has 0 saturated heterocycles. The lowest BCUT2D eigenvalue weighted by Gasteiger charge is -2.24. The normalized spacial score (nSPS) is 30.7. The van der Waals surface area contributed by atoms with Crippen LogP contribution in [0.5, 0.6) is 0 Å². The average Bonchev–Trinajstić information content (AvgIpc) is 2.96. The molecule has 18 heavy (non-hydrogen) atoms. The highest BCUT2D eigenvalue weighted by Gasteiger charge is 2.31. The molecule has 98 valence electrons. The van der Waals surface area contributed by atoms with Crippen LogP contribution in [-0.4, -0.2) is 17.8 Å². The molecule has 3 heteroatoms. The van der Waals surface area contributed by atoms with E-state index in [0.29, 0.717) is 24.6 Å². The quantitative estimate of drug-likeness (QED) is 0.880. The molecule has 2 N–H and O–H groups in total. The Morgan fingerprint density at radius 2 is 2.17 bits per heavy atom. The van der Waals surface area contributed by atoms with Crippen molar-refractivity contribution in [1.82, 2.24) is 5.32 Å². The Balaban J connectivity index is 1.73. The molecule has 1 aromatic carbocycles. The van der Waals surface area contributed by atoms with E-state index in [9.17, 15) is 5.11 Å². The third-order valence-electron chi connectivity index (χ3n) is 4.49. The summed E-state index contributed by atoms with van der Waals surface area (Å²) >= 11 is 6.03. The molecule has 0 amide bonds. The second-order valence-corrected chi connectivity index (χ2v) is 6.02. The van der Waals surface area contributed by atoms with Crippen LogP contribution in [0.4, 0.5) is 0 Å². The first-order valence-corrected chi connectivity index (χ1v) is 7.31. The Hall–Kier alpha value is -0.570. The van der Waals surface area contributed by atoms with E-state index in [4.69, 9.17) is 11.6 Å². The van der Waals surface area contributed by atoms with E-state index in [1.54, 1.807) is 0 Å². The monoisotopic (exact) mass is 265 g/mol. The third kappa shape index (κ3) is 2.29. The summed E-state index contributed by atoms with van der Waals surface area (Å²) in [5, 5.41) is 14.0. The highest BCUT2D eigenvalue weighted by atomic mass is 35.5. The summed E-state index contributed by atoms with van der Waals surface area (Å²) in [6.07, 6.45) is 5.87. The van der Waals surface area contributed by atoms with Crippen LogP contribution in [-0.2, 0) is 6.42 Å². The van der Waals surface area contributed by atoms with E-state index in [1.807, 2.05) is 6.07 Å². The number of hydrogen-bond acceptors (Lipinski definition) is 2. The number of nitrogens with one attached hydrogen (secondary N) is 1. The lowest BCUT2D eigenvalue weighted by atomic mass is 10.0. The standard InChI is InChI=1S/C15H20ClNO/c16-12-5-6-13-10(8-12)4-7-15(13)17-14-3-1-2-11(14)9-18/h5-6,8,11,14-15,17-18H,1-4,7,9H2. The fourth-order valence-corrected chi connectivity index (χ4v) is 3.69. The highest BCUT2D eigenvalue weighted by Crippen LogP contribution is 2.35. The van der Waals surface area contributed by atoms with Gasteiger partial charge in [0.25, 0.3) is 0 Å². The van der Waals surface area contributed by atoms with Gasteiger partial charge in [-0.2, -0.15) is 0 Å². The number of aliphatic hydroxyl groups excluding tert-OH is 1. The number of benzene rings is 1. The molecule has 3 rings (SSSR count). The number of aryl methyl sites for hydroxylation is 1. The Labute approximate surface area is 113 Å². The van der Waals surface area contributed by atoms with Gasteiger partial charge in [0.15, 0.2) is 0 Å². The molecule has 0 aliphatic heterocycles. The maximum absolute atomic E-state index is 9.38. The average molecular weight is 266 g/mol. The van der Waals surface area contributed by atoms with Gasteiger partial charge in [0, 0.05) is 23.7 Å². The topological polar surface area (TPSA) is 32.3 Å². The maximum Gasteiger partial charge on any atom is 0.0474 e. The van der Waals surface area contributed by atoms with Crippen LogP contribution in [0.15, 0.2) is 18.2 Å². The Morgan fingerprint density at radius 1 is 1.28 bits per heavy atom. The minimum absolute atomic E-state index is 0.317. The van der Waals surface area contributed by atoms with Crippen LogP contribution in [0.1, 0.15) is 42.9 Å². The van der Waals surface area contributed by atoms with Crippen LogP contribution in [0.3, 0.4) is 0 Å². The van der Waals surface area contributed by atoms with Gasteiger partial charge in [-0.05, 0) is 54.9 Å². The van der Waals surface area contributed by atoms with Crippen molar-refractivity contribution in [3.05, 3.63) is 34.3 Å². The lowest BCUT2D eigenvalue weighted by molar-refractivity contribution is 0.199. The third-order valence-corrected chi connectivity index (χ3v) is 4.73. The van der Waals surface area contributed by atoms with Gasteiger partial charge < -0.3 is 10.4 Å². The lowest BCUT2D eigenvalue weighted by Crippen LogP contribution is -2.36. The molecular weight excluding hydrogens is 246 g/mol. The molecule has 1 saturated carbocycles. The van der Waals surface area contributed by atoms with Gasteiger partial charge >= 0.3 is 0 Å². The van der Waals surface area contributed by atoms with Crippen molar-refractivity contribution < 1.29 is 5.11 Å². The molecule has 2 aliphatic rings. The van der Waals surface area contributed by atoms with Gasteiger partial charge in [-0.3, -0.25) is 0 Å². The summed E-state index contributed by atoms with van der Waals surface area (Å²) in [7, 11) is 0. The van der Waals surface area contributed by atoms with Crippen molar-refractivity contribution in [2.45, 2.75) is 44.2 Å². The number of hydrogen-bond donors (Lipinski definition) is 2. The number of fused-ring (bicyclic) bond motifs is 1. The van der Waals surface area contributed by atoms with Gasteiger partial charge in [-0.15, -0.1) is 0 Å². The van der Waals surface area contributed by atoms with Crippen molar-refractivity contribution in [2.75, 3.05) is 6.61 Å². The molecule has 2 aliphatic carbocycles. The highest BCUT2D eigenvalue weighted by molar-refractivity contribution is 6.30. The van der Waals surface area contributed by atoms with Gasteiger partial charge in [-0.25, -0.2) is 0 Å². The summed E-state index contributed by atoms with van der Waals surface area (Å²) in [4.78, 5) is 0. The van der Waals surface area contributed by atoms with Crippen LogP contribution in [0.2, 0.25) is 5.02 Å². The molecule has 3 atom stereocenters. The van der Waals surface area contributed by atoms with Gasteiger partial charge in [0.2, 0.25) is 0 Å². The Bertz CT molecular complexity index is 435. The summed E-state index contributed by atoms with van der Waals surface area (Å²) in [6.45, 7) is 0.317. The molecule has 0 radical (unpaired) electrons. The van der Waals surface area contributed by atoms with Crippen LogP contribution in [0.25, 0.3) is 0 Å². The van der Waals surface area contributed by atoms with Gasteiger partial charge in [-0.1, -0.05) is 24.1 Å². The van der Waals surface area contributed by atoms with Crippen LogP contribution in [0, 0.1) is 5.92 Å². The van der Waals surface area contributed by atoms with Crippen molar-refractivity contribution >= 4 is 11.6 Å². The number of halogens is 1. The van der Waals surface area contributed by atoms with E-state index >= 15 is 0 Å². The zero-order valence-corrected chi connectivity index (χ0v) is 11.3. The van der Waals surface area contributed by atoms with Gasteiger partial charge in [0.1, 0.15) is 0 Å². The van der Waals surface area contributed by atoms with E-state index in [1.165, 1.54) is 24.0 Å². The first-order chi connectivity index (χ1) is 8.78. The predicted octanol–water partition coefficient (Wildman–Crippen LogP) is 3.08. The Morgan fingerprint density at radius 3 is 3.00 bits per heavy atom. The second-order valence-electron chi connectivity index (χ2n) is 5.58. The number of rotatable bonds is 3. The van der Waals surface area contributed by atoms with Crippen molar-refractivity contribution in [3.8, 4) is 0 Å². The predicted molar refractivity (Wildman–Crippen MR) is 73.9 cm³/mol. The fourth-order valence-electron chi connectivity index (χ4n) is 3.49. The molecule has 1 fully saturated rings. The SMILES string of the molecule is OCC1CCCC1NC1CCc2cc(Cl)ccc21. The Kier molecular flexibility index (Phi) is 3.60. The fraction of sp³-hybridized carbons (Fsp3) is 0.600. The summed E-state index contributed by atoms with van der Waals surface area (Å²) in [5.41, 5.74) is 2.79. The molecule has 2 nitrogen and oxygen atoms in total. The van der Waals surface area contributed by atoms with Crippen molar-refractivity contribution in [1.29, 1.82) is 0 Å². The zero-order valence-electron chi connectivity index (χ0n) is 10.5. The summed E-state index contributed by atoms with van der Waals surface area (Å²) < 4.78 is 0. The first-order valence-electron chi connectivity index (χ1n) is 6.93. The van der Waals surface area contributed by atoms with Crippen molar-refractivity contribution in [2.24, 2.45) is 5.92 Å². The molecule has 3 unspecified atom stereocenters. The molecule has 0 aromatic heterocycles.